The molecule has 0 atom stereocenters. The zero-order valence-electron chi connectivity index (χ0n) is 9.88. The van der Waals surface area contributed by atoms with Crippen molar-refractivity contribution in [3.63, 3.8) is 0 Å². The second kappa shape index (κ2) is 5.38. The molecular formula is C12H10ClF3N2S. The second-order valence-electron chi connectivity index (χ2n) is 3.94. The fourth-order valence-corrected chi connectivity index (χ4v) is 2.48. The molecule has 0 unspecified atom stereocenters. The molecule has 1 heterocycles. The van der Waals surface area contributed by atoms with E-state index in [9.17, 15) is 13.2 Å². The summed E-state index contributed by atoms with van der Waals surface area (Å²) >= 11 is 7.02. The molecule has 0 aliphatic rings. The first-order valence-corrected chi connectivity index (χ1v) is 6.57. The number of benzene rings is 1. The maximum absolute atomic E-state index is 12.7. The van der Waals surface area contributed by atoms with Crippen LogP contribution in [0.2, 0.25) is 4.34 Å². The lowest BCUT2D eigenvalue weighted by Crippen LogP contribution is -2.08. The number of nitrogens with zero attached hydrogens (tertiary/aromatic N) is 1. The van der Waals surface area contributed by atoms with Crippen LogP contribution in [0, 0.1) is 6.92 Å². The number of alkyl halides is 3. The van der Waals surface area contributed by atoms with E-state index in [2.05, 4.69) is 10.3 Å². The SMILES string of the molecule is Cc1ccc(NCc2ncc(Cl)s2)cc1C(F)(F)F. The van der Waals surface area contributed by atoms with E-state index in [1.165, 1.54) is 30.5 Å². The van der Waals surface area contributed by atoms with Gasteiger partial charge in [0.1, 0.15) is 9.34 Å². The molecule has 0 amide bonds. The quantitative estimate of drug-likeness (QED) is 0.886. The van der Waals surface area contributed by atoms with Crippen LogP contribution in [0.15, 0.2) is 24.4 Å². The molecule has 0 radical (unpaired) electrons. The lowest BCUT2D eigenvalue weighted by Gasteiger charge is -2.12. The Bertz CT molecular complexity index is 581. The standard InChI is InChI=1S/C12H10ClF3N2S/c1-7-2-3-8(4-9(7)12(14,15)16)17-6-11-18-5-10(13)19-11/h2-5,17H,6H2,1H3. The lowest BCUT2D eigenvalue weighted by atomic mass is 10.1. The van der Waals surface area contributed by atoms with Gasteiger partial charge in [-0.2, -0.15) is 13.2 Å². The fraction of sp³-hybridized carbons (Fsp3) is 0.250. The summed E-state index contributed by atoms with van der Waals surface area (Å²) in [4.78, 5) is 4.02. The number of anilines is 1. The smallest absolute Gasteiger partial charge is 0.379 e. The fourth-order valence-electron chi connectivity index (χ4n) is 1.58. The van der Waals surface area contributed by atoms with E-state index in [0.29, 0.717) is 16.6 Å². The molecule has 7 heteroatoms. The zero-order chi connectivity index (χ0) is 14.0. The molecule has 19 heavy (non-hydrogen) atoms. The largest absolute Gasteiger partial charge is 0.416 e. The van der Waals surface area contributed by atoms with Gasteiger partial charge in [0.25, 0.3) is 0 Å². The van der Waals surface area contributed by atoms with Gasteiger partial charge in [-0.3, -0.25) is 0 Å². The Morgan fingerprint density at radius 3 is 2.68 bits per heavy atom. The second-order valence-corrected chi connectivity index (χ2v) is 5.69. The van der Waals surface area contributed by atoms with E-state index in [0.717, 1.165) is 11.1 Å². The molecule has 0 bridgehead atoms. The van der Waals surface area contributed by atoms with Crippen molar-refractivity contribution in [2.75, 3.05) is 5.32 Å². The van der Waals surface area contributed by atoms with E-state index in [-0.39, 0.29) is 5.56 Å². The minimum absolute atomic E-state index is 0.204. The number of aryl methyl sites for hydroxylation is 1. The molecule has 0 aliphatic carbocycles. The number of hydrogen-bond donors (Lipinski definition) is 1. The minimum atomic E-state index is -4.34. The molecular weight excluding hydrogens is 297 g/mol. The third-order valence-corrected chi connectivity index (χ3v) is 3.63. The van der Waals surface area contributed by atoms with Crippen molar-refractivity contribution in [3.05, 3.63) is 44.9 Å². The average molecular weight is 307 g/mol. The molecule has 2 rings (SSSR count). The molecule has 0 saturated carbocycles. The molecule has 1 aromatic heterocycles. The summed E-state index contributed by atoms with van der Waals surface area (Å²) in [6.45, 7) is 1.78. The average Bonchev–Trinajstić information content (AvgIpc) is 2.72. The summed E-state index contributed by atoms with van der Waals surface area (Å²) in [5.41, 5.74) is -0.0192. The Balaban J connectivity index is 2.13. The van der Waals surface area contributed by atoms with Crippen molar-refractivity contribution in [1.82, 2.24) is 4.98 Å². The van der Waals surface area contributed by atoms with E-state index >= 15 is 0 Å². The topological polar surface area (TPSA) is 24.9 Å². The summed E-state index contributed by atoms with van der Waals surface area (Å²) in [5.74, 6) is 0. The Morgan fingerprint density at radius 1 is 1.37 bits per heavy atom. The van der Waals surface area contributed by atoms with Crippen LogP contribution in [-0.4, -0.2) is 4.98 Å². The lowest BCUT2D eigenvalue weighted by molar-refractivity contribution is -0.138. The molecule has 1 aromatic carbocycles. The zero-order valence-corrected chi connectivity index (χ0v) is 11.5. The van der Waals surface area contributed by atoms with E-state index < -0.39 is 11.7 Å². The van der Waals surface area contributed by atoms with Crippen LogP contribution in [0.3, 0.4) is 0 Å². The van der Waals surface area contributed by atoms with E-state index in [1.54, 1.807) is 6.07 Å². The molecule has 1 N–H and O–H groups in total. The van der Waals surface area contributed by atoms with Gasteiger partial charge in [-0.05, 0) is 24.6 Å². The first-order chi connectivity index (χ1) is 8.86. The third-order valence-electron chi connectivity index (χ3n) is 2.51. The Labute approximate surface area is 117 Å². The van der Waals surface area contributed by atoms with Gasteiger partial charge in [0.15, 0.2) is 0 Å². The third kappa shape index (κ3) is 3.61. The Hall–Kier alpha value is -1.27. The highest BCUT2D eigenvalue weighted by molar-refractivity contribution is 7.15. The highest BCUT2D eigenvalue weighted by Crippen LogP contribution is 2.33. The maximum atomic E-state index is 12.7. The predicted octanol–water partition coefficient (Wildman–Crippen LogP) is 4.74. The highest BCUT2D eigenvalue weighted by atomic mass is 35.5. The van der Waals surface area contributed by atoms with Gasteiger partial charge in [-0.15, -0.1) is 11.3 Å². The van der Waals surface area contributed by atoms with Crippen LogP contribution < -0.4 is 5.32 Å². The van der Waals surface area contributed by atoms with Gasteiger partial charge in [-0.25, -0.2) is 4.98 Å². The van der Waals surface area contributed by atoms with Crippen LogP contribution in [0.4, 0.5) is 18.9 Å². The van der Waals surface area contributed by atoms with Gasteiger partial charge >= 0.3 is 6.18 Å². The number of hydrogen-bond acceptors (Lipinski definition) is 3. The van der Waals surface area contributed by atoms with Crippen molar-refractivity contribution in [2.24, 2.45) is 0 Å². The van der Waals surface area contributed by atoms with Crippen LogP contribution in [0.5, 0.6) is 0 Å². The summed E-state index contributed by atoms with van der Waals surface area (Å²) < 4.78 is 38.8. The van der Waals surface area contributed by atoms with Gasteiger partial charge in [0.05, 0.1) is 18.3 Å². The van der Waals surface area contributed by atoms with Crippen molar-refractivity contribution in [3.8, 4) is 0 Å². The highest BCUT2D eigenvalue weighted by Gasteiger charge is 2.32. The van der Waals surface area contributed by atoms with Crippen molar-refractivity contribution in [1.29, 1.82) is 0 Å². The normalized spacial score (nSPS) is 11.6. The summed E-state index contributed by atoms with van der Waals surface area (Å²) in [6, 6.07) is 4.16. The number of aromatic nitrogens is 1. The molecule has 102 valence electrons. The molecule has 0 aliphatic heterocycles. The first kappa shape index (κ1) is 14.1. The molecule has 0 fully saturated rings. The van der Waals surface area contributed by atoms with Crippen LogP contribution >= 0.6 is 22.9 Å². The number of thiazole rings is 1. The van der Waals surface area contributed by atoms with Crippen LogP contribution in [0.1, 0.15) is 16.1 Å². The van der Waals surface area contributed by atoms with E-state index in [1.807, 2.05) is 0 Å². The summed E-state index contributed by atoms with van der Waals surface area (Å²) in [7, 11) is 0. The minimum Gasteiger partial charge on any atom is -0.379 e. The number of rotatable bonds is 3. The Kier molecular flexibility index (Phi) is 4.01. The van der Waals surface area contributed by atoms with Gasteiger partial charge in [0.2, 0.25) is 0 Å². The number of halogens is 4. The summed E-state index contributed by atoms with van der Waals surface area (Å²) in [6.07, 6.45) is -2.83. The van der Waals surface area contributed by atoms with Crippen molar-refractivity contribution in [2.45, 2.75) is 19.6 Å². The number of nitrogens with one attached hydrogen (secondary N) is 1. The maximum Gasteiger partial charge on any atom is 0.416 e. The summed E-state index contributed by atoms with van der Waals surface area (Å²) in [5, 5.41) is 3.62. The van der Waals surface area contributed by atoms with Gasteiger partial charge < -0.3 is 5.32 Å². The van der Waals surface area contributed by atoms with Crippen molar-refractivity contribution < 1.29 is 13.2 Å². The van der Waals surface area contributed by atoms with E-state index in [4.69, 9.17) is 11.6 Å². The van der Waals surface area contributed by atoms with Crippen LogP contribution in [0.25, 0.3) is 0 Å². The van der Waals surface area contributed by atoms with Crippen molar-refractivity contribution >= 4 is 28.6 Å². The Morgan fingerprint density at radius 2 is 2.11 bits per heavy atom. The predicted molar refractivity (Wildman–Crippen MR) is 70.6 cm³/mol. The van der Waals surface area contributed by atoms with Crippen LogP contribution in [-0.2, 0) is 12.7 Å². The monoisotopic (exact) mass is 306 g/mol. The molecule has 2 aromatic rings. The molecule has 0 spiro atoms. The molecule has 0 saturated heterocycles. The molecule has 2 nitrogen and oxygen atoms in total. The first-order valence-electron chi connectivity index (χ1n) is 5.38. The van der Waals surface area contributed by atoms with Gasteiger partial charge in [-0.1, -0.05) is 17.7 Å². The van der Waals surface area contributed by atoms with Gasteiger partial charge in [0, 0.05) is 5.69 Å².